The summed E-state index contributed by atoms with van der Waals surface area (Å²) in [6, 6.07) is 4.84. The summed E-state index contributed by atoms with van der Waals surface area (Å²) in [5.41, 5.74) is 1.59. The third-order valence-electron chi connectivity index (χ3n) is 5.32. The zero-order chi connectivity index (χ0) is 18.0. The maximum absolute atomic E-state index is 12.7. The molecule has 3 rings (SSSR count). The number of carbonyl (C=O) groups excluding carboxylic acids is 1. The number of rotatable bonds is 5. The summed E-state index contributed by atoms with van der Waals surface area (Å²) < 4.78 is 0. The maximum Gasteiger partial charge on any atom is 0.270 e. The van der Waals surface area contributed by atoms with E-state index in [1.807, 2.05) is 7.05 Å². The molecule has 1 aliphatic carbocycles. The van der Waals surface area contributed by atoms with E-state index in [1.54, 1.807) is 17.2 Å². The first-order chi connectivity index (χ1) is 12.0. The van der Waals surface area contributed by atoms with Gasteiger partial charge in [0.25, 0.3) is 5.69 Å². The summed E-state index contributed by atoms with van der Waals surface area (Å²) in [4.78, 5) is 28.1. The summed E-state index contributed by atoms with van der Waals surface area (Å²) in [6.45, 7) is 0.221. The Labute approximate surface area is 145 Å². The number of nitrogens with one attached hydrogen (secondary N) is 1. The number of nitro benzene ring substituents is 1. The van der Waals surface area contributed by atoms with Gasteiger partial charge in [-0.25, -0.2) is 0 Å². The number of nitrogens with zero attached hydrogens (tertiary/aromatic N) is 2. The lowest BCUT2D eigenvalue weighted by molar-refractivity contribution is -0.384. The number of likely N-dealkylation sites (N-methyl/N-ethyl adjacent to an activating group) is 1. The van der Waals surface area contributed by atoms with Crippen molar-refractivity contribution in [3.05, 3.63) is 40.1 Å². The van der Waals surface area contributed by atoms with Gasteiger partial charge in [0.2, 0.25) is 5.91 Å². The summed E-state index contributed by atoms with van der Waals surface area (Å²) in [5.74, 6) is 0.369. The molecule has 0 atom stereocenters. The van der Waals surface area contributed by atoms with E-state index in [2.05, 4.69) is 4.98 Å². The molecule has 0 aliphatic heterocycles. The highest BCUT2D eigenvalue weighted by Gasteiger charge is 2.26. The van der Waals surface area contributed by atoms with Crippen LogP contribution >= 0.6 is 0 Å². The molecule has 0 bridgehead atoms. The Balaban J connectivity index is 1.71. The van der Waals surface area contributed by atoms with Gasteiger partial charge in [0.15, 0.2) is 0 Å². The predicted octanol–water partition coefficient (Wildman–Crippen LogP) is 2.63. The second kappa shape index (κ2) is 7.23. The largest absolute Gasteiger partial charge is 0.396 e. The Bertz CT molecular complexity index is 778. The third kappa shape index (κ3) is 3.66. The smallest absolute Gasteiger partial charge is 0.270 e. The lowest BCUT2D eigenvalue weighted by Crippen LogP contribution is -2.40. The summed E-state index contributed by atoms with van der Waals surface area (Å²) >= 11 is 0. The van der Waals surface area contributed by atoms with Crippen molar-refractivity contribution in [2.75, 3.05) is 13.7 Å². The number of H-pyrrole nitrogens is 1. The first-order valence-corrected chi connectivity index (χ1v) is 8.60. The molecule has 0 unspecified atom stereocenters. The van der Waals surface area contributed by atoms with Gasteiger partial charge in [0, 0.05) is 48.9 Å². The van der Waals surface area contributed by atoms with Gasteiger partial charge in [-0.2, -0.15) is 0 Å². The Hall–Kier alpha value is -2.41. The van der Waals surface area contributed by atoms with E-state index in [4.69, 9.17) is 0 Å². The third-order valence-corrected chi connectivity index (χ3v) is 5.32. The standard InChI is InChI=1S/C18H23N3O4/c1-20(14-4-2-12(11-22)3-5-14)18(23)8-13-10-19-17-7-6-15(21(24)25)9-16(13)17/h6-7,9-10,12,14,19,22H,2-5,8,11H2,1H3. The van der Waals surface area contributed by atoms with E-state index < -0.39 is 4.92 Å². The number of hydrogen-bond acceptors (Lipinski definition) is 4. The molecule has 7 nitrogen and oxygen atoms in total. The number of nitro groups is 1. The Kier molecular flexibility index (Phi) is 5.03. The number of amides is 1. The molecule has 1 aromatic heterocycles. The molecule has 7 heteroatoms. The van der Waals surface area contributed by atoms with Crippen LogP contribution in [0.3, 0.4) is 0 Å². The van der Waals surface area contributed by atoms with Crippen molar-refractivity contribution in [1.29, 1.82) is 0 Å². The Morgan fingerprint density at radius 3 is 2.72 bits per heavy atom. The highest BCUT2D eigenvalue weighted by molar-refractivity contribution is 5.90. The molecule has 2 N–H and O–H groups in total. The number of benzene rings is 1. The van der Waals surface area contributed by atoms with Crippen molar-refractivity contribution in [3.8, 4) is 0 Å². The van der Waals surface area contributed by atoms with Crippen molar-refractivity contribution in [1.82, 2.24) is 9.88 Å². The number of hydrogen-bond donors (Lipinski definition) is 2. The van der Waals surface area contributed by atoms with E-state index in [9.17, 15) is 20.0 Å². The predicted molar refractivity (Wildman–Crippen MR) is 94.3 cm³/mol. The van der Waals surface area contributed by atoms with Gasteiger partial charge in [-0.05, 0) is 43.2 Å². The number of aliphatic hydroxyl groups excluding tert-OH is 1. The number of aliphatic hydroxyl groups is 1. The molecule has 1 saturated carbocycles. The number of fused-ring (bicyclic) bond motifs is 1. The van der Waals surface area contributed by atoms with Crippen molar-refractivity contribution >= 4 is 22.5 Å². The molecular weight excluding hydrogens is 322 g/mol. The van der Waals surface area contributed by atoms with Crippen molar-refractivity contribution in [2.45, 2.75) is 38.1 Å². The van der Waals surface area contributed by atoms with Gasteiger partial charge >= 0.3 is 0 Å². The lowest BCUT2D eigenvalue weighted by atomic mass is 9.86. The molecule has 2 aromatic rings. The molecule has 134 valence electrons. The molecule has 0 saturated heterocycles. The van der Waals surface area contributed by atoms with Gasteiger partial charge in [-0.3, -0.25) is 14.9 Å². The molecule has 1 amide bonds. The van der Waals surface area contributed by atoms with Crippen molar-refractivity contribution < 1.29 is 14.8 Å². The molecule has 1 heterocycles. The first kappa shape index (κ1) is 17.4. The van der Waals surface area contributed by atoms with Crippen LogP contribution in [-0.4, -0.2) is 45.5 Å². The molecule has 1 aliphatic rings. The maximum atomic E-state index is 12.7. The molecule has 1 aromatic carbocycles. The van der Waals surface area contributed by atoms with Crippen molar-refractivity contribution in [2.24, 2.45) is 5.92 Å². The Morgan fingerprint density at radius 1 is 1.36 bits per heavy atom. The van der Waals surface area contributed by atoms with E-state index in [-0.39, 0.29) is 30.7 Å². The minimum absolute atomic E-state index is 0.0138. The van der Waals surface area contributed by atoms with Gasteiger partial charge in [0.05, 0.1) is 11.3 Å². The topological polar surface area (TPSA) is 99.5 Å². The second-order valence-corrected chi connectivity index (χ2v) is 6.84. The summed E-state index contributed by atoms with van der Waals surface area (Å²) in [6.07, 6.45) is 5.68. The SMILES string of the molecule is CN(C(=O)Cc1c[nH]c2ccc([N+](=O)[O-])cc12)C1CCC(CO)CC1. The van der Waals surface area contributed by atoms with Gasteiger partial charge in [-0.15, -0.1) is 0 Å². The number of non-ortho nitro benzene ring substituents is 1. The average molecular weight is 345 g/mol. The van der Waals surface area contributed by atoms with Crippen LogP contribution in [0.25, 0.3) is 10.9 Å². The number of aromatic amines is 1. The van der Waals surface area contributed by atoms with E-state index >= 15 is 0 Å². The van der Waals surface area contributed by atoms with Crippen LogP contribution in [0, 0.1) is 16.0 Å². The normalized spacial score (nSPS) is 20.6. The fourth-order valence-electron chi connectivity index (χ4n) is 3.63. The van der Waals surface area contributed by atoms with Crippen LogP contribution in [0.5, 0.6) is 0 Å². The second-order valence-electron chi connectivity index (χ2n) is 6.84. The molecule has 0 spiro atoms. The molecule has 1 fully saturated rings. The fourth-order valence-corrected chi connectivity index (χ4v) is 3.63. The van der Waals surface area contributed by atoms with Gasteiger partial charge in [0.1, 0.15) is 0 Å². The van der Waals surface area contributed by atoms with Crippen LogP contribution in [0.1, 0.15) is 31.2 Å². The first-order valence-electron chi connectivity index (χ1n) is 8.60. The van der Waals surface area contributed by atoms with Crippen LogP contribution < -0.4 is 0 Å². The van der Waals surface area contributed by atoms with E-state index in [0.717, 1.165) is 42.1 Å². The van der Waals surface area contributed by atoms with E-state index in [1.165, 1.54) is 12.1 Å². The molecular formula is C18H23N3O4. The van der Waals surface area contributed by atoms with Crippen LogP contribution in [0.15, 0.2) is 24.4 Å². The zero-order valence-electron chi connectivity index (χ0n) is 14.3. The quantitative estimate of drug-likeness (QED) is 0.643. The fraction of sp³-hybridized carbons (Fsp3) is 0.500. The average Bonchev–Trinajstić information content (AvgIpc) is 3.03. The van der Waals surface area contributed by atoms with Crippen LogP contribution in [-0.2, 0) is 11.2 Å². The summed E-state index contributed by atoms with van der Waals surface area (Å²) in [7, 11) is 1.82. The van der Waals surface area contributed by atoms with Crippen LogP contribution in [0.4, 0.5) is 5.69 Å². The highest BCUT2D eigenvalue weighted by atomic mass is 16.6. The number of aromatic nitrogens is 1. The molecule has 0 radical (unpaired) electrons. The lowest BCUT2D eigenvalue weighted by Gasteiger charge is -2.34. The monoisotopic (exact) mass is 345 g/mol. The number of carbonyl (C=O) groups is 1. The van der Waals surface area contributed by atoms with Crippen LogP contribution in [0.2, 0.25) is 0 Å². The van der Waals surface area contributed by atoms with Crippen molar-refractivity contribution in [3.63, 3.8) is 0 Å². The van der Waals surface area contributed by atoms with Gasteiger partial charge < -0.3 is 15.0 Å². The highest BCUT2D eigenvalue weighted by Crippen LogP contribution is 2.28. The minimum atomic E-state index is -0.427. The molecule has 25 heavy (non-hydrogen) atoms. The van der Waals surface area contributed by atoms with E-state index in [0.29, 0.717) is 5.92 Å². The zero-order valence-corrected chi connectivity index (χ0v) is 14.3. The summed E-state index contributed by atoms with van der Waals surface area (Å²) in [5, 5.41) is 20.9. The Morgan fingerprint density at radius 2 is 2.08 bits per heavy atom. The van der Waals surface area contributed by atoms with Gasteiger partial charge in [-0.1, -0.05) is 0 Å². The minimum Gasteiger partial charge on any atom is -0.396 e.